The molecule has 0 aromatic heterocycles. The van der Waals surface area contributed by atoms with Crippen LogP contribution < -0.4 is 0 Å². The van der Waals surface area contributed by atoms with Crippen molar-refractivity contribution in [2.75, 3.05) is 13.2 Å². The van der Waals surface area contributed by atoms with E-state index >= 15 is 0 Å². The quantitative estimate of drug-likeness (QED) is 0.636. The van der Waals surface area contributed by atoms with Crippen LogP contribution in [0.4, 0.5) is 0 Å². The van der Waals surface area contributed by atoms with Gasteiger partial charge in [0.1, 0.15) is 18.1 Å². The molecule has 18 heavy (non-hydrogen) atoms. The second-order valence-electron chi connectivity index (χ2n) is 4.79. The van der Waals surface area contributed by atoms with Gasteiger partial charge in [0.15, 0.2) is 0 Å². The van der Waals surface area contributed by atoms with Gasteiger partial charge in [-0.15, -0.1) is 0 Å². The van der Waals surface area contributed by atoms with E-state index < -0.39 is 42.0 Å². The lowest BCUT2D eigenvalue weighted by Gasteiger charge is -2.34. The number of aliphatic carboxylic acids is 1. The smallest absolute Gasteiger partial charge is 0.311 e. The summed E-state index contributed by atoms with van der Waals surface area (Å²) in [6.07, 6.45) is -0.140. The van der Waals surface area contributed by atoms with Crippen LogP contribution in [0.1, 0.15) is 12.8 Å². The molecule has 3 rings (SSSR count). The van der Waals surface area contributed by atoms with Gasteiger partial charge in [-0.25, -0.2) is 0 Å². The van der Waals surface area contributed by atoms with Crippen molar-refractivity contribution in [1.29, 1.82) is 0 Å². The number of carboxylic acids is 1. The predicted octanol–water partition coefficient (Wildman–Crippen LogP) is -0.998. The van der Waals surface area contributed by atoms with E-state index in [1.54, 1.807) is 0 Å². The van der Waals surface area contributed by atoms with Gasteiger partial charge >= 0.3 is 5.97 Å². The molecule has 0 radical (unpaired) electrons. The van der Waals surface area contributed by atoms with Gasteiger partial charge in [0.25, 0.3) is 11.8 Å². The number of carbonyl (C=O) groups is 3. The van der Waals surface area contributed by atoms with E-state index in [0.29, 0.717) is 12.8 Å². The number of fused-ring (bicyclic) bond motifs is 2. The standard InChI is InChI=1S/C11H13NO6/c13-9-7-1-2-8(18-7)10(14)12(9)6-4-17-3-5(6)11(15)16/h5-8H,1-4H2,(H,15,16). The van der Waals surface area contributed by atoms with Crippen molar-refractivity contribution in [3.05, 3.63) is 0 Å². The third-order valence-corrected chi connectivity index (χ3v) is 3.74. The molecule has 4 atom stereocenters. The average molecular weight is 255 g/mol. The van der Waals surface area contributed by atoms with Gasteiger partial charge in [0.05, 0.1) is 19.3 Å². The van der Waals surface area contributed by atoms with Crippen LogP contribution in [0.2, 0.25) is 0 Å². The molecular weight excluding hydrogens is 242 g/mol. The SMILES string of the molecule is O=C(O)C1COCC1N1C(=O)C2CCC(O2)C1=O. The van der Waals surface area contributed by atoms with Crippen molar-refractivity contribution >= 4 is 17.8 Å². The van der Waals surface area contributed by atoms with Crippen molar-refractivity contribution in [1.82, 2.24) is 4.90 Å². The van der Waals surface area contributed by atoms with Crippen LogP contribution in [-0.4, -0.2) is 59.3 Å². The minimum absolute atomic E-state index is 0.0350. The van der Waals surface area contributed by atoms with E-state index in [2.05, 4.69) is 0 Å². The molecule has 3 saturated heterocycles. The highest BCUT2D eigenvalue weighted by Gasteiger charge is 2.52. The molecule has 98 valence electrons. The number of hydrogen-bond donors (Lipinski definition) is 1. The van der Waals surface area contributed by atoms with Gasteiger partial charge in [0.2, 0.25) is 0 Å². The number of ether oxygens (including phenoxy) is 2. The second-order valence-corrected chi connectivity index (χ2v) is 4.79. The summed E-state index contributed by atoms with van der Waals surface area (Å²) < 4.78 is 10.4. The Balaban J connectivity index is 1.88. The number of likely N-dealkylation sites (tertiary alicyclic amines) is 1. The molecule has 3 aliphatic rings. The molecule has 1 N–H and O–H groups in total. The van der Waals surface area contributed by atoms with Crippen LogP contribution in [0, 0.1) is 5.92 Å². The molecule has 0 saturated carbocycles. The molecule has 0 spiro atoms. The van der Waals surface area contributed by atoms with Gasteiger partial charge in [-0.05, 0) is 12.8 Å². The Bertz CT molecular complexity index is 400. The first-order valence-corrected chi connectivity index (χ1v) is 5.92. The Kier molecular flexibility index (Phi) is 2.60. The first-order chi connectivity index (χ1) is 8.59. The average Bonchev–Trinajstić information content (AvgIpc) is 2.95. The fraction of sp³-hybridized carbons (Fsp3) is 0.727. The van der Waals surface area contributed by atoms with Crippen LogP contribution in [0.3, 0.4) is 0 Å². The highest BCUT2D eigenvalue weighted by atomic mass is 16.5. The predicted molar refractivity (Wildman–Crippen MR) is 55.5 cm³/mol. The van der Waals surface area contributed by atoms with Crippen molar-refractivity contribution in [2.24, 2.45) is 5.92 Å². The molecule has 0 aromatic carbocycles. The van der Waals surface area contributed by atoms with Gasteiger partial charge in [-0.2, -0.15) is 0 Å². The fourth-order valence-electron chi connectivity index (χ4n) is 2.78. The van der Waals surface area contributed by atoms with Crippen LogP contribution in [-0.2, 0) is 23.9 Å². The van der Waals surface area contributed by atoms with Crippen molar-refractivity contribution < 1.29 is 29.0 Å². The van der Waals surface area contributed by atoms with Crippen molar-refractivity contribution in [3.8, 4) is 0 Å². The largest absolute Gasteiger partial charge is 0.481 e. The molecule has 4 unspecified atom stereocenters. The number of nitrogens with zero attached hydrogens (tertiary/aromatic N) is 1. The lowest BCUT2D eigenvalue weighted by atomic mass is 10.0. The maximum absolute atomic E-state index is 12.1. The van der Waals surface area contributed by atoms with Crippen molar-refractivity contribution in [2.45, 2.75) is 31.1 Å². The van der Waals surface area contributed by atoms with Gasteiger partial charge in [-0.3, -0.25) is 19.3 Å². The highest BCUT2D eigenvalue weighted by molar-refractivity contribution is 6.03. The topological polar surface area (TPSA) is 93.1 Å². The summed E-state index contributed by atoms with van der Waals surface area (Å²) in [4.78, 5) is 36.3. The number of carboxylic acid groups (broad SMARTS) is 1. The zero-order valence-corrected chi connectivity index (χ0v) is 9.57. The number of hydrogen-bond acceptors (Lipinski definition) is 5. The number of rotatable bonds is 2. The Labute approximate surface area is 103 Å². The molecule has 0 aliphatic carbocycles. The maximum Gasteiger partial charge on any atom is 0.311 e. The van der Waals surface area contributed by atoms with Crippen LogP contribution in [0.25, 0.3) is 0 Å². The van der Waals surface area contributed by atoms with E-state index in [0.717, 1.165) is 4.90 Å². The Morgan fingerprint density at radius 2 is 1.78 bits per heavy atom. The molecular formula is C11H13NO6. The maximum atomic E-state index is 12.1. The second kappa shape index (κ2) is 4.03. The Morgan fingerprint density at radius 1 is 1.17 bits per heavy atom. The van der Waals surface area contributed by atoms with Crippen LogP contribution in [0.5, 0.6) is 0 Å². The van der Waals surface area contributed by atoms with E-state index in [-0.39, 0.29) is 13.2 Å². The summed E-state index contributed by atoms with van der Waals surface area (Å²) in [6.45, 7) is 0.126. The highest BCUT2D eigenvalue weighted by Crippen LogP contribution is 2.32. The molecule has 0 aromatic rings. The number of carbonyl (C=O) groups excluding carboxylic acids is 2. The van der Waals surface area contributed by atoms with Gasteiger partial charge in [0, 0.05) is 0 Å². The summed E-state index contributed by atoms with van der Waals surface area (Å²) >= 11 is 0. The van der Waals surface area contributed by atoms with Gasteiger partial charge < -0.3 is 14.6 Å². The van der Waals surface area contributed by atoms with Gasteiger partial charge in [-0.1, -0.05) is 0 Å². The molecule has 2 amide bonds. The van der Waals surface area contributed by atoms with Crippen molar-refractivity contribution in [3.63, 3.8) is 0 Å². The molecule has 3 fully saturated rings. The zero-order chi connectivity index (χ0) is 12.9. The number of amides is 2. The Hall–Kier alpha value is -1.47. The summed E-state index contributed by atoms with van der Waals surface area (Å²) in [7, 11) is 0. The lowest BCUT2D eigenvalue weighted by Crippen LogP contribution is -2.58. The third kappa shape index (κ3) is 1.54. The zero-order valence-electron chi connectivity index (χ0n) is 9.57. The van der Waals surface area contributed by atoms with Crippen LogP contribution in [0.15, 0.2) is 0 Å². The number of imide groups is 1. The molecule has 2 bridgehead atoms. The molecule has 3 aliphatic heterocycles. The molecule has 7 nitrogen and oxygen atoms in total. The van der Waals surface area contributed by atoms with E-state index in [9.17, 15) is 14.4 Å². The molecule has 3 heterocycles. The fourth-order valence-corrected chi connectivity index (χ4v) is 2.78. The number of morpholine rings is 1. The van der Waals surface area contributed by atoms with E-state index in [4.69, 9.17) is 14.6 Å². The van der Waals surface area contributed by atoms with E-state index in [1.807, 2.05) is 0 Å². The van der Waals surface area contributed by atoms with Crippen LogP contribution >= 0.6 is 0 Å². The lowest BCUT2D eigenvalue weighted by molar-refractivity contribution is -0.173. The minimum Gasteiger partial charge on any atom is -0.481 e. The summed E-state index contributed by atoms with van der Waals surface area (Å²) in [5.41, 5.74) is 0. The molecule has 7 heteroatoms. The monoisotopic (exact) mass is 255 g/mol. The summed E-state index contributed by atoms with van der Waals surface area (Å²) in [6, 6.07) is -0.700. The Morgan fingerprint density at radius 3 is 2.33 bits per heavy atom. The normalized spacial score (nSPS) is 39.4. The van der Waals surface area contributed by atoms with E-state index in [1.165, 1.54) is 0 Å². The first kappa shape index (κ1) is 11.6. The third-order valence-electron chi connectivity index (χ3n) is 3.74. The summed E-state index contributed by atoms with van der Waals surface area (Å²) in [5.74, 6) is -2.72. The minimum atomic E-state index is -1.04. The first-order valence-electron chi connectivity index (χ1n) is 5.92. The summed E-state index contributed by atoms with van der Waals surface area (Å²) in [5, 5.41) is 9.07.